The fraction of sp³-hybridized carbons (Fsp3) is 0.538. The molecule has 1 heterocycles. The summed E-state index contributed by atoms with van der Waals surface area (Å²) in [6.45, 7) is 2.83. The van der Waals surface area contributed by atoms with Gasteiger partial charge < -0.3 is 10.5 Å². The molecule has 2 N–H and O–H groups in total. The first-order valence-electron chi connectivity index (χ1n) is 6.56. The molecule has 1 aromatic rings. The minimum Gasteiger partial charge on any atom is -0.377 e. The second-order valence-electron chi connectivity index (χ2n) is 4.82. The molecule has 1 atom stereocenters. The monoisotopic (exact) mass is 302 g/mol. The summed E-state index contributed by atoms with van der Waals surface area (Å²) in [5, 5.41) is 0. The van der Waals surface area contributed by atoms with E-state index in [0.717, 1.165) is 0 Å². The number of nitrogens with zero attached hydrogens (tertiary/aromatic N) is 1. The van der Waals surface area contributed by atoms with Gasteiger partial charge in [0.05, 0.1) is 11.0 Å². The van der Waals surface area contributed by atoms with E-state index in [1.165, 1.54) is 22.5 Å². The lowest BCUT2D eigenvalue weighted by Crippen LogP contribution is -2.36. The second-order valence-corrected chi connectivity index (χ2v) is 6.73. The summed E-state index contributed by atoms with van der Waals surface area (Å²) in [5.41, 5.74) is 5.52. The standard InChI is InChI=1S/C13H19FN2O3S/c1-10-9-16(6-3-7-19-10)20(17,18)13-5-2-4-12(14)11(13)8-15/h2,4-5,10H,3,6-9,15H2,1H3. The van der Waals surface area contributed by atoms with Crippen LogP contribution in [0.1, 0.15) is 18.9 Å². The number of ether oxygens (including phenoxy) is 1. The zero-order valence-corrected chi connectivity index (χ0v) is 12.2. The van der Waals surface area contributed by atoms with Crippen molar-refractivity contribution in [1.29, 1.82) is 0 Å². The number of benzene rings is 1. The van der Waals surface area contributed by atoms with Crippen molar-refractivity contribution in [2.24, 2.45) is 5.73 Å². The summed E-state index contributed by atoms with van der Waals surface area (Å²) in [7, 11) is -3.75. The Kier molecular flexibility index (Phi) is 4.74. The molecule has 0 aliphatic carbocycles. The molecule has 1 unspecified atom stereocenters. The summed E-state index contributed by atoms with van der Waals surface area (Å²) in [4.78, 5) is -0.0471. The number of sulfonamides is 1. The van der Waals surface area contributed by atoms with E-state index < -0.39 is 15.8 Å². The fourth-order valence-electron chi connectivity index (χ4n) is 2.29. The molecule has 0 spiro atoms. The van der Waals surface area contributed by atoms with Crippen molar-refractivity contribution in [3.63, 3.8) is 0 Å². The number of hydrogen-bond donors (Lipinski definition) is 1. The van der Waals surface area contributed by atoms with E-state index in [1.54, 1.807) is 0 Å². The molecule has 112 valence electrons. The predicted molar refractivity (Wildman–Crippen MR) is 73.1 cm³/mol. The van der Waals surface area contributed by atoms with Crippen LogP contribution in [-0.4, -0.2) is 38.5 Å². The maximum atomic E-state index is 13.7. The first-order chi connectivity index (χ1) is 9.46. The Morgan fingerprint density at radius 3 is 2.95 bits per heavy atom. The maximum Gasteiger partial charge on any atom is 0.243 e. The third-order valence-electron chi connectivity index (χ3n) is 3.31. The smallest absolute Gasteiger partial charge is 0.243 e. The summed E-state index contributed by atoms with van der Waals surface area (Å²) in [6.07, 6.45) is 0.443. The molecule has 1 aromatic carbocycles. The van der Waals surface area contributed by atoms with Crippen LogP contribution in [0, 0.1) is 5.82 Å². The highest BCUT2D eigenvalue weighted by atomic mass is 32.2. The normalized spacial score (nSPS) is 21.6. The largest absolute Gasteiger partial charge is 0.377 e. The van der Waals surface area contributed by atoms with Crippen molar-refractivity contribution in [2.75, 3.05) is 19.7 Å². The van der Waals surface area contributed by atoms with Gasteiger partial charge in [0.25, 0.3) is 0 Å². The van der Waals surface area contributed by atoms with Gasteiger partial charge >= 0.3 is 0 Å². The first kappa shape index (κ1) is 15.4. The van der Waals surface area contributed by atoms with E-state index in [4.69, 9.17) is 10.5 Å². The maximum absolute atomic E-state index is 13.7. The molecule has 1 fully saturated rings. The van der Waals surface area contributed by atoms with Crippen LogP contribution < -0.4 is 5.73 Å². The third kappa shape index (κ3) is 3.01. The van der Waals surface area contributed by atoms with Gasteiger partial charge in [0.2, 0.25) is 10.0 Å². The van der Waals surface area contributed by atoms with Crippen molar-refractivity contribution in [3.05, 3.63) is 29.6 Å². The van der Waals surface area contributed by atoms with Gasteiger partial charge in [0.1, 0.15) is 5.82 Å². The molecule has 0 radical (unpaired) electrons. The number of halogens is 1. The molecule has 20 heavy (non-hydrogen) atoms. The summed E-state index contributed by atoms with van der Waals surface area (Å²) in [6, 6.07) is 4.01. The number of rotatable bonds is 3. The minimum atomic E-state index is -3.75. The zero-order valence-electron chi connectivity index (χ0n) is 11.4. The number of nitrogens with two attached hydrogens (primary N) is 1. The van der Waals surface area contributed by atoms with Crippen LogP contribution >= 0.6 is 0 Å². The molecule has 5 nitrogen and oxygen atoms in total. The van der Waals surface area contributed by atoms with Gasteiger partial charge in [-0.15, -0.1) is 0 Å². The highest BCUT2D eigenvalue weighted by molar-refractivity contribution is 7.89. The molecule has 0 bridgehead atoms. The lowest BCUT2D eigenvalue weighted by molar-refractivity contribution is 0.0752. The van der Waals surface area contributed by atoms with Gasteiger partial charge in [-0.3, -0.25) is 0 Å². The van der Waals surface area contributed by atoms with Crippen LogP contribution in [0.15, 0.2) is 23.1 Å². The van der Waals surface area contributed by atoms with Gasteiger partial charge in [-0.1, -0.05) is 6.07 Å². The van der Waals surface area contributed by atoms with Crippen LogP contribution in [0.3, 0.4) is 0 Å². The number of hydrogen-bond acceptors (Lipinski definition) is 4. The third-order valence-corrected chi connectivity index (χ3v) is 5.26. The zero-order chi connectivity index (χ0) is 14.8. The van der Waals surface area contributed by atoms with Crippen LogP contribution in [0.25, 0.3) is 0 Å². The fourth-order valence-corrected chi connectivity index (χ4v) is 4.09. The topological polar surface area (TPSA) is 72.6 Å². The molecular formula is C13H19FN2O3S. The summed E-state index contributed by atoms with van der Waals surface area (Å²) in [5.74, 6) is -0.590. The Hall–Kier alpha value is -1.02. The van der Waals surface area contributed by atoms with E-state index >= 15 is 0 Å². The highest BCUT2D eigenvalue weighted by Gasteiger charge is 2.30. The van der Waals surface area contributed by atoms with Crippen molar-refractivity contribution in [2.45, 2.75) is 30.9 Å². The van der Waals surface area contributed by atoms with Gasteiger partial charge in [-0.25, -0.2) is 12.8 Å². The van der Waals surface area contributed by atoms with Crippen LogP contribution in [0.5, 0.6) is 0 Å². The van der Waals surface area contributed by atoms with Gasteiger partial charge in [0.15, 0.2) is 0 Å². The van der Waals surface area contributed by atoms with Crippen molar-refractivity contribution in [1.82, 2.24) is 4.31 Å². The van der Waals surface area contributed by atoms with Crippen LogP contribution in [0.2, 0.25) is 0 Å². The average Bonchev–Trinajstić information content (AvgIpc) is 2.63. The van der Waals surface area contributed by atoms with E-state index in [1.807, 2.05) is 6.92 Å². The van der Waals surface area contributed by atoms with Gasteiger partial charge in [-0.2, -0.15) is 4.31 Å². The molecule has 1 aliphatic heterocycles. The van der Waals surface area contributed by atoms with E-state index in [0.29, 0.717) is 19.6 Å². The molecule has 0 aromatic heterocycles. The lowest BCUT2D eigenvalue weighted by Gasteiger charge is -2.23. The Balaban J connectivity index is 2.41. The molecule has 1 aliphatic rings. The Labute approximate surface area is 118 Å². The molecule has 0 amide bonds. The van der Waals surface area contributed by atoms with Crippen LogP contribution in [-0.2, 0) is 21.3 Å². The molecule has 7 heteroatoms. The highest BCUT2D eigenvalue weighted by Crippen LogP contribution is 2.24. The average molecular weight is 302 g/mol. The summed E-state index contributed by atoms with van der Waals surface area (Å²) < 4.78 is 45.8. The Bertz CT molecular complexity index is 577. The van der Waals surface area contributed by atoms with E-state index in [2.05, 4.69) is 0 Å². The minimum absolute atomic E-state index is 0.0327. The van der Waals surface area contributed by atoms with Gasteiger partial charge in [0, 0.05) is 31.8 Å². The van der Waals surface area contributed by atoms with Crippen LogP contribution in [0.4, 0.5) is 4.39 Å². The Morgan fingerprint density at radius 1 is 1.50 bits per heavy atom. The molecular weight excluding hydrogens is 283 g/mol. The SMILES string of the molecule is CC1CN(S(=O)(=O)c2cccc(F)c2CN)CCCO1. The summed E-state index contributed by atoms with van der Waals surface area (Å²) >= 11 is 0. The Morgan fingerprint density at radius 2 is 2.25 bits per heavy atom. The van der Waals surface area contributed by atoms with Crippen molar-refractivity contribution >= 4 is 10.0 Å². The van der Waals surface area contributed by atoms with Crippen molar-refractivity contribution in [3.8, 4) is 0 Å². The molecule has 0 saturated carbocycles. The van der Waals surface area contributed by atoms with E-state index in [-0.39, 0.29) is 29.7 Å². The quantitative estimate of drug-likeness (QED) is 0.907. The first-order valence-corrected chi connectivity index (χ1v) is 8.00. The predicted octanol–water partition coefficient (Wildman–Crippen LogP) is 1.08. The van der Waals surface area contributed by atoms with Crippen molar-refractivity contribution < 1.29 is 17.5 Å². The lowest BCUT2D eigenvalue weighted by atomic mass is 10.2. The van der Waals surface area contributed by atoms with E-state index in [9.17, 15) is 12.8 Å². The molecule has 1 saturated heterocycles. The second kappa shape index (κ2) is 6.17. The molecule has 2 rings (SSSR count). The van der Waals surface area contributed by atoms with Gasteiger partial charge in [-0.05, 0) is 25.5 Å².